The van der Waals surface area contributed by atoms with Crippen molar-refractivity contribution in [3.05, 3.63) is 125 Å². The Bertz CT molecular complexity index is 1330. The summed E-state index contributed by atoms with van der Waals surface area (Å²) in [4.78, 5) is 0. The third-order valence-electron chi connectivity index (χ3n) is 7.31. The van der Waals surface area contributed by atoms with Gasteiger partial charge in [0.05, 0.1) is 13.2 Å². The molecule has 0 aromatic heterocycles. The fourth-order valence-corrected chi connectivity index (χ4v) is 5.16. The van der Waals surface area contributed by atoms with Gasteiger partial charge in [-0.25, -0.2) is 0 Å². The maximum absolute atomic E-state index is 10.8. The van der Waals surface area contributed by atoms with Gasteiger partial charge in [-0.15, -0.1) is 0 Å². The second-order valence-electron chi connectivity index (χ2n) is 10.1. The topological polar surface area (TPSA) is 60.0 Å². The number of nitrogens with one attached hydrogen (secondary N) is 1. The van der Waals surface area contributed by atoms with Gasteiger partial charge in [0.25, 0.3) is 0 Å². The molecule has 1 aliphatic carbocycles. The van der Waals surface area contributed by atoms with Crippen LogP contribution in [0.1, 0.15) is 46.8 Å². The van der Waals surface area contributed by atoms with Crippen LogP contribution in [0.5, 0.6) is 17.2 Å². The molecule has 0 spiro atoms. The number of ether oxygens (including phenoxy) is 3. The predicted molar refractivity (Wildman–Crippen MR) is 154 cm³/mol. The van der Waals surface area contributed by atoms with E-state index in [9.17, 15) is 5.11 Å². The molecule has 4 aromatic rings. The first-order valence-corrected chi connectivity index (χ1v) is 13.7. The first kappa shape index (κ1) is 26.8. The molecule has 5 heteroatoms. The highest BCUT2D eigenvalue weighted by molar-refractivity contribution is 5.52. The zero-order valence-electron chi connectivity index (χ0n) is 22.5. The summed E-state index contributed by atoms with van der Waals surface area (Å²) in [5.41, 5.74) is 5.61. The minimum absolute atomic E-state index is 0.268. The summed E-state index contributed by atoms with van der Waals surface area (Å²) >= 11 is 0. The molecule has 0 amide bonds. The normalized spacial score (nSPS) is 15.6. The van der Waals surface area contributed by atoms with Gasteiger partial charge in [0.2, 0.25) is 0 Å². The zero-order valence-corrected chi connectivity index (χ0v) is 22.5. The number of fused-ring (bicyclic) bond motifs is 1. The number of aliphatic hydroxyl groups is 1. The maximum atomic E-state index is 10.8. The summed E-state index contributed by atoms with van der Waals surface area (Å²) < 4.78 is 18.1. The molecule has 0 aliphatic heterocycles. The van der Waals surface area contributed by atoms with Gasteiger partial charge >= 0.3 is 0 Å². The van der Waals surface area contributed by atoms with E-state index in [0.29, 0.717) is 19.8 Å². The lowest BCUT2D eigenvalue weighted by Crippen LogP contribution is -2.34. The van der Waals surface area contributed by atoms with Crippen molar-refractivity contribution in [1.82, 2.24) is 5.32 Å². The number of rotatable bonds is 11. The van der Waals surface area contributed by atoms with E-state index in [1.807, 2.05) is 60.7 Å². The zero-order chi connectivity index (χ0) is 26.9. The first-order chi connectivity index (χ1) is 19.2. The fraction of sp³-hybridized carbons (Fsp3) is 0.294. The van der Waals surface area contributed by atoms with Crippen LogP contribution in [0.3, 0.4) is 0 Å². The quantitative estimate of drug-likeness (QED) is 0.222. The van der Waals surface area contributed by atoms with E-state index in [2.05, 4.69) is 41.7 Å². The van der Waals surface area contributed by atoms with Crippen molar-refractivity contribution in [2.45, 2.75) is 51.0 Å². The smallest absolute Gasteiger partial charge is 0.165 e. The van der Waals surface area contributed by atoms with Crippen molar-refractivity contribution < 1.29 is 19.3 Å². The molecule has 0 heterocycles. The summed E-state index contributed by atoms with van der Waals surface area (Å²) in [6, 6.07) is 32.6. The Morgan fingerprint density at radius 1 is 0.846 bits per heavy atom. The highest BCUT2D eigenvalue weighted by Gasteiger charge is 2.23. The molecule has 0 saturated heterocycles. The van der Waals surface area contributed by atoms with Crippen LogP contribution in [-0.2, 0) is 26.1 Å². The van der Waals surface area contributed by atoms with Crippen LogP contribution in [0.15, 0.2) is 97.1 Å². The molecule has 2 atom stereocenters. The van der Waals surface area contributed by atoms with Gasteiger partial charge in [-0.2, -0.15) is 0 Å². The Morgan fingerprint density at radius 2 is 1.56 bits per heavy atom. The van der Waals surface area contributed by atoms with E-state index >= 15 is 0 Å². The maximum Gasteiger partial charge on any atom is 0.165 e. The number of aliphatic hydroxyl groups excluding tert-OH is 1. The molecule has 0 bridgehead atoms. The molecule has 1 aliphatic rings. The van der Waals surface area contributed by atoms with Crippen molar-refractivity contribution in [3.8, 4) is 17.2 Å². The predicted octanol–water partition coefficient (Wildman–Crippen LogP) is 6.42. The van der Waals surface area contributed by atoms with Crippen LogP contribution in [-0.4, -0.2) is 24.8 Å². The summed E-state index contributed by atoms with van der Waals surface area (Å²) in [6.45, 7) is 1.48. The third-order valence-corrected chi connectivity index (χ3v) is 7.31. The van der Waals surface area contributed by atoms with E-state index in [1.165, 1.54) is 11.1 Å². The van der Waals surface area contributed by atoms with Gasteiger partial charge in [0.1, 0.15) is 19.0 Å². The second kappa shape index (κ2) is 13.3. The number of benzene rings is 4. The average Bonchev–Trinajstić information content (AvgIpc) is 3.21. The lowest BCUT2D eigenvalue weighted by molar-refractivity contribution is 0.168. The van der Waals surface area contributed by atoms with Crippen molar-refractivity contribution in [2.24, 2.45) is 0 Å². The summed E-state index contributed by atoms with van der Waals surface area (Å²) in [5, 5.41) is 14.4. The molecule has 0 saturated carbocycles. The monoisotopic (exact) mass is 523 g/mol. The molecular formula is C34H37NO4. The van der Waals surface area contributed by atoms with Crippen LogP contribution in [0.4, 0.5) is 0 Å². The Morgan fingerprint density at radius 3 is 2.28 bits per heavy atom. The molecule has 2 N–H and O–H groups in total. The highest BCUT2D eigenvalue weighted by atomic mass is 16.5. The van der Waals surface area contributed by atoms with Crippen molar-refractivity contribution in [3.63, 3.8) is 0 Å². The van der Waals surface area contributed by atoms with E-state index in [-0.39, 0.29) is 6.04 Å². The molecule has 0 radical (unpaired) electrons. The van der Waals surface area contributed by atoms with Gasteiger partial charge in [-0.1, -0.05) is 78.9 Å². The molecule has 5 rings (SSSR count). The summed E-state index contributed by atoms with van der Waals surface area (Å²) in [5.74, 6) is 2.39. The average molecular weight is 524 g/mol. The van der Waals surface area contributed by atoms with Gasteiger partial charge in [0.15, 0.2) is 11.5 Å². The number of hydrogen-bond donors (Lipinski definition) is 2. The summed E-state index contributed by atoms with van der Waals surface area (Å²) in [7, 11) is 1.64. The van der Waals surface area contributed by atoms with Gasteiger partial charge < -0.3 is 24.6 Å². The standard InChI is InChI=1S/C34H37NO4/c1-37-30-16-8-14-28(21-30)32(36)22-35-29-15-9-17-31-27(20-29)18-19-33(38-23-25-10-4-2-5-11-25)34(31)39-24-26-12-6-3-7-13-26/h2-8,10-14,16,18-19,21,29,32,35-36H,9,15,17,20,22-24H2,1H3. The Kier molecular flexibility index (Phi) is 9.15. The molecule has 4 aromatic carbocycles. The van der Waals surface area contributed by atoms with Gasteiger partial charge in [0, 0.05) is 18.2 Å². The lowest BCUT2D eigenvalue weighted by atomic mass is 9.99. The van der Waals surface area contributed by atoms with E-state index < -0.39 is 6.10 Å². The van der Waals surface area contributed by atoms with Crippen LogP contribution in [0.25, 0.3) is 0 Å². The van der Waals surface area contributed by atoms with E-state index in [1.54, 1.807) is 7.11 Å². The van der Waals surface area contributed by atoms with Gasteiger partial charge in [-0.05, 0) is 66.1 Å². The van der Waals surface area contributed by atoms with Crippen molar-refractivity contribution in [2.75, 3.05) is 13.7 Å². The Balaban J connectivity index is 1.31. The molecular weight excluding hydrogens is 486 g/mol. The number of methoxy groups -OCH3 is 1. The molecule has 2 unspecified atom stereocenters. The number of hydrogen-bond acceptors (Lipinski definition) is 5. The van der Waals surface area contributed by atoms with Crippen LogP contribution >= 0.6 is 0 Å². The van der Waals surface area contributed by atoms with E-state index in [4.69, 9.17) is 14.2 Å². The fourth-order valence-electron chi connectivity index (χ4n) is 5.16. The molecule has 5 nitrogen and oxygen atoms in total. The summed E-state index contributed by atoms with van der Waals surface area (Å²) in [6.07, 6.45) is 3.27. The minimum Gasteiger partial charge on any atom is -0.497 e. The second-order valence-corrected chi connectivity index (χ2v) is 10.1. The highest BCUT2D eigenvalue weighted by Crippen LogP contribution is 2.38. The van der Waals surface area contributed by atoms with E-state index in [0.717, 1.165) is 59.6 Å². The largest absolute Gasteiger partial charge is 0.497 e. The SMILES string of the molecule is COc1cccc(C(O)CNC2CCCc3c(ccc(OCc4ccccc4)c3OCc3ccccc3)C2)c1. The minimum atomic E-state index is -0.596. The van der Waals surface area contributed by atoms with Crippen LogP contribution in [0, 0.1) is 0 Å². The van der Waals surface area contributed by atoms with Crippen LogP contribution in [0.2, 0.25) is 0 Å². The van der Waals surface area contributed by atoms with Crippen molar-refractivity contribution in [1.29, 1.82) is 0 Å². The third kappa shape index (κ3) is 7.20. The van der Waals surface area contributed by atoms with Crippen molar-refractivity contribution >= 4 is 0 Å². The first-order valence-electron chi connectivity index (χ1n) is 13.7. The molecule has 202 valence electrons. The van der Waals surface area contributed by atoms with Gasteiger partial charge in [-0.3, -0.25) is 0 Å². The Labute approximate surface area is 231 Å². The molecule has 0 fully saturated rings. The lowest BCUT2D eigenvalue weighted by Gasteiger charge is -2.21. The molecule has 39 heavy (non-hydrogen) atoms. The Hall–Kier alpha value is -3.80. The van der Waals surface area contributed by atoms with Crippen LogP contribution < -0.4 is 19.5 Å².